The van der Waals surface area contributed by atoms with E-state index in [0.29, 0.717) is 11.7 Å². The Hall–Kier alpha value is -1.94. The Morgan fingerprint density at radius 1 is 1.10 bits per heavy atom. The molecule has 2 N–H and O–H groups in total. The first-order chi connectivity index (χ1) is 9.69. The Kier molecular flexibility index (Phi) is 5.07. The van der Waals surface area contributed by atoms with Crippen LogP contribution in [0.5, 0.6) is 0 Å². The van der Waals surface area contributed by atoms with Gasteiger partial charge in [-0.2, -0.15) is 0 Å². The minimum Gasteiger partial charge on any atom is -0.358 e. The van der Waals surface area contributed by atoms with Gasteiger partial charge in [0.1, 0.15) is 5.82 Å². The SMILES string of the molecule is CCc1ccccc1NC(=S)NCc1ccc(F)cc1. The first-order valence-electron chi connectivity index (χ1n) is 6.56. The number of halogens is 1. The molecule has 0 fully saturated rings. The van der Waals surface area contributed by atoms with Crippen LogP contribution in [-0.2, 0) is 13.0 Å². The highest BCUT2D eigenvalue weighted by Gasteiger charge is 2.02. The van der Waals surface area contributed by atoms with Crippen molar-refractivity contribution in [3.63, 3.8) is 0 Å². The number of nitrogens with one attached hydrogen (secondary N) is 2. The van der Waals surface area contributed by atoms with Gasteiger partial charge in [-0.25, -0.2) is 4.39 Å². The summed E-state index contributed by atoms with van der Waals surface area (Å²) in [5.41, 5.74) is 3.23. The topological polar surface area (TPSA) is 24.1 Å². The van der Waals surface area contributed by atoms with Crippen LogP contribution in [0.15, 0.2) is 48.5 Å². The van der Waals surface area contributed by atoms with Crippen molar-refractivity contribution in [3.05, 3.63) is 65.5 Å². The van der Waals surface area contributed by atoms with E-state index in [1.165, 1.54) is 17.7 Å². The molecule has 2 aromatic carbocycles. The molecule has 0 aliphatic heterocycles. The summed E-state index contributed by atoms with van der Waals surface area (Å²) in [5.74, 6) is -0.230. The number of thiocarbonyl (C=S) groups is 1. The monoisotopic (exact) mass is 288 g/mol. The molecule has 0 saturated heterocycles. The third kappa shape index (κ3) is 4.03. The second-order valence-corrected chi connectivity index (χ2v) is 4.85. The number of benzene rings is 2. The molecule has 0 amide bonds. The summed E-state index contributed by atoms with van der Waals surface area (Å²) < 4.78 is 12.8. The molecular formula is C16H17FN2S. The Bertz CT molecular complexity index is 581. The van der Waals surface area contributed by atoms with Crippen molar-refractivity contribution in [1.29, 1.82) is 0 Å². The Balaban J connectivity index is 1.91. The average Bonchev–Trinajstić information content (AvgIpc) is 2.47. The smallest absolute Gasteiger partial charge is 0.171 e. The molecule has 2 aromatic rings. The van der Waals surface area contributed by atoms with Crippen molar-refractivity contribution >= 4 is 23.0 Å². The van der Waals surface area contributed by atoms with Crippen LogP contribution in [0.25, 0.3) is 0 Å². The highest BCUT2D eigenvalue weighted by atomic mass is 32.1. The molecule has 0 aromatic heterocycles. The second kappa shape index (κ2) is 7.01. The van der Waals surface area contributed by atoms with Crippen LogP contribution in [-0.4, -0.2) is 5.11 Å². The molecule has 0 saturated carbocycles. The number of rotatable bonds is 4. The zero-order chi connectivity index (χ0) is 14.4. The second-order valence-electron chi connectivity index (χ2n) is 4.44. The lowest BCUT2D eigenvalue weighted by Gasteiger charge is -2.13. The standard InChI is InChI=1S/C16H17FN2S/c1-2-13-5-3-4-6-15(13)19-16(20)18-11-12-7-9-14(17)10-8-12/h3-10H,2,11H2,1H3,(H2,18,19,20). The van der Waals surface area contributed by atoms with Crippen LogP contribution in [0, 0.1) is 5.82 Å². The molecule has 0 atom stereocenters. The van der Waals surface area contributed by atoms with Gasteiger partial charge in [0, 0.05) is 12.2 Å². The summed E-state index contributed by atoms with van der Waals surface area (Å²) >= 11 is 5.27. The minimum absolute atomic E-state index is 0.230. The molecule has 0 aliphatic carbocycles. The molecule has 0 unspecified atom stereocenters. The maximum absolute atomic E-state index is 12.8. The van der Waals surface area contributed by atoms with E-state index in [0.717, 1.165) is 17.7 Å². The Morgan fingerprint density at radius 2 is 1.80 bits per heavy atom. The number of aryl methyl sites for hydroxylation is 1. The molecule has 4 heteroatoms. The summed E-state index contributed by atoms with van der Waals surface area (Å²) in [6, 6.07) is 14.4. The van der Waals surface area contributed by atoms with Crippen LogP contribution < -0.4 is 10.6 Å². The first-order valence-corrected chi connectivity index (χ1v) is 6.97. The van der Waals surface area contributed by atoms with E-state index in [9.17, 15) is 4.39 Å². The van der Waals surface area contributed by atoms with Gasteiger partial charge in [-0.1, -0.05) is 37.3 Å². The van der Waals surface area contributed by atoms with E-state index >= 15 is 0 Å². The van der Waals surface area contributed by atoms with Gasteiger partial charge in [0.05, 0.1) is 0 Å². The van der Waals surface area contributed by atoms with Crippen molar-refractivity contribution in [1.82, 2.24) is 5.32 Å². The lowest BCUT2D eigenvalue weighted by Crippen LogP contribution is -2.28. The van der Waals surface area contributed by atoms with Crippen LogP contribution in [0.4, 0.5) is 10.1 Å². The normalized spacial score (nSPS) is 10.1. The minimum atomic E-state index is -0.230. The van der Waals surface area contributed by atoms with Gasteiger partial charge in [-0.05, 0) is 48.0 Å². The summed E-state index contributed by atoms with van der Waals surface area (Å²) in [5, 5.41) is 6.87. The Labute approximate surface area is 124 Å². The zero-order valence-corrected chi connectivity index (χ0v) is 12.1. The van der Waals surface area contributed by atoms with Crippen LogP contribution in [0.2, 0.25) is 0 Å². The van der Waals surface area contributed by atoms with E-state index in [1.807, 2.05) is 18.2 Å². The molecule has 0 spiro atoms. The van der Waals surface area contributed by atoms with Gasteiger partial charge in [0.15, 0.2) is 5.11 Å². The first kappa shape index (κ1) is 14.5. The molecule has 20 heavy (non-hydrogen) atoms. The van der Waals surface area contributed by atoms with E-state index in [2.05, 4.69) is 23.6 Å². The highest BCUT2D eigenvalue weighted by Crippen LogP contribution is 2.15. The lowest BCUT2D eigenvalue weighted by atomic mass is 10.1. The van der Waals surface area contributed by atoms with Gasteiger partial charge in [-0.3, -0.25) is 0 Å². The van der Waals surface area contributed by atoms with Gasteiger partial charge in [0.25, 0.3) is 0 Å². The fraction of sp³-hybridized carbons (Fsp3) is 0.188. The van der Waals surface area contributed by atoms with Crippen molar-refractivity contribution in [2.75, 3.05) is 5.32 Å². The largest absolute Gasteiger partial charge is 0.358 e. The van der Waals surface area contributed by atoms with E-state index in [-0.39, 0.29) is 5.82 Å². The predicted octanol–water partition coefficient (Wildman–Crippen LogP) is 3.87. The summed E-state index contributed by atoms with van der Waals surface area (Å²) in [7, 11) is 0. The van der Waals surface area contributed by atoms with Crippen LogP contribution in [0.1, 0.15) is 18.1 Å². The molecule has 0 bridgehead atoms. The molecular weight excluding hydrogens is 271 g/mol. The van der Waals surface area contributed by atoms with Crippen molar-refractivity contribution in [2.24, 2.45) is 0 Å². The summed E-state index contributed by atoms with van der Waals surface area (Å²) in [4.78, 5) is 0. The molecule has 2 rings (SSSR count). The number of hydrogen-bond donors (Lipinski definition) is 2. The lowest BCUT2D eigenvalue weighted by molar-refractivity contribution is 0.627. The number of anilines is 1. The van der Waals surface area contributed by atoms with Crippen molar-refractivity contribution in [2.45, 2.75) is 19.9 Å². The number of hydrogen-bond acceptors (Lipinski definition) is 1. The molecule has 104 valence electrons. The maximum atomic E-state index is 12.8. The quantitative estimate of drug-likeness (QED) is 0.835. The van der Waals surface area contributed by atoms with Crippen molar-refractivity contribution < 1.29 is 4.39 Å². The molecule has 2 nitrogen and oxygen atoms in total. The third-order valence-electron chi connectivity index (χ3n) is 3.01. The average molecular weight is 288 g/mol. The van der Waals surface area contributed by atoms with E-state index < -0.39 is 0 Å². The fourth-order valence-electron chi connectivity index (χ4n) is 1.90. The summed E-state index contributed by atoms with van der Waals surface area (Å²) in [6.07, 6.45) is 0.948. The maximum Gasteiger partial charge on any atom is 0.171 e. The number of para-hydroxylation sites is 1. The molecule has 0 heterocycles. The zero-order valence-electron chi connectivity index (χ0n) is 11.3. The van der Waals surface area contributed by atoms with Crippen molar-refractivity contribution in [3.8, 4) is 0 Å². The summed E-state index contributed by atoms with van der Waals surface area (Å²) in [6.45, 7) is 2.68. The highest BCUT2D eigenvalue weighted by molar-refractivity contribution is 7.80. The van der Waals surface area contributed by atoms with Crippen LogP contribution in [0.3, 0.4) is 0 Å². The van der Waals surface area contributed by atoms with Crippen LogP contribution >= 0.6 is 12.2 Å². The van der Waals surface area contributed by atoms with Gasteiger partial charge in [0.2, 0.25) is 0 Å². The molecule has 0 aliphatic rings. The third-order valence-corrected chi connectivity index (χ3v) is 3.26. The fourth-order valence-corrected chi connectivity index (χ4v) is 2.08. The van der Waals surface area contributed by atoms with E-state index in [4.69, 9.17) is 12.2 Å². The van der Waals surface area contributed by atoms with E-state index in [1.54, 1.807) is 12.1 Å². The Morgan fingerprint density at radius 3 is 2.50 bits per heavy atom. The van der Waals surface area contributed by atoms with Gasteiger partial charge < -0.3 is 10.6 Å². The van der Waals surface area contributed by atoms with Gasteiger partial charge in [-0.15, -0.1) is 0 Å². The molecule has 0 radical (unpaired) electrons. The predicted molar refractivity (Wildman–Crippen MR) is 85.3 cm³/mol. The van der Waals surface area contributed by atoms with Gasteiger partial charge >= 0.3 is 0 Å².